The molecule has 7 heteroatoms. The Kier molecular flexibility index (Phi) is 567. The molecule has 8 radical (unpaired) electrons. The van der Waals surface area contributed by atoms with Crippen LogP contribution in [0.5, 0.6) is 0 Å². The van der Waals surface area contributed by atoms with Gasteiger partial charge in [0.15, 0.2) is 0 Å². The Labute approximate surface area is 120 Å². The molecule has 0 aliphatic rings. The van der Waals surface area contributed by atoms with Crippen LogP contribution in [0.1, 0.15) is 0 Å². The normalized spacial score (nSPS) is 0. The summed E-state index contributed by atoms with van der Waals surface area (Å²) in [5.41, 5.74) is 0. The van der Waals surface area contributed by atoms with E-state index in [1.165, 1.54) is 0 Å². The maximum absolute atomic E-state index is 0. The van der Waals surface area contributed by atoms with Crippen LogP contribution in [-0.4, -0.2) is 28.3 Å². The molecule has 46 valence electrons. The summed E-state index contributed by atoms with van der Waals surface area (Å²) in [6.07, 6.45) is 0. The van der Waals surface area contributed by atoms with Gasteiger partial charge in [-0.3, -0.25) is 0 Å². The van der Waals surface area contributed by atoms with Gasteiger partial charge in [-0.1, -0.05) is 0 Å². The van der Waals surface area contributed by atoms with Gasteiger partial charge in [-0.25, -0.2) is 0 Å². The molecular weight excluding hydrogens is 332 g/mol. The van der Waals surface area contributed by atoms with E-state index in [2.05, 4.69) is 0 Å². The van der Waals surface area contributed by atoms with Crippen molar-refractivity contribution in [2.45, 2.75) is 0 Å². The fraction of sp³-hybridized carbons (Fsp3) is 0. The van der Waals surface area contributed by atoms with E-state index in [9.17, 15) is 0 Å². The molecule has 0 saturated heterocycles. The SMILES string of the molecule is [Al].[Cu].[Ni].[Ni].[Si].[Ti].[Ti]. The van der Waals surface area contributed by atoms with Gasteiger partial charge in [-0.15, -0.1) is 0 Å². The maximum Gasteiger partial charge on any atom is 0 e. The van der Waals surface area contributed by atoms with Crippen LogP contribution in [0, 0.1) is 0 Å². The Hall–Kier alpha value is 3.68. The second-order valence-electron chi connectivity index (χ2n) is 0. The monoisotopic (exact) mass is 330 g/mol. The molecule has 0 aliphatic carbocycles. The summed E-state index contributed by atoms with van der Waals surface area (Å²) in [5.74, 6) is 0. The minimum Gasteiger partial charge on any atom is 0 e. The van der Waals surface area contributed by atoms with Crippen molar-refractivity contribution in [2.24, 2.45) is 0 Å². The predicted octanol–water partition coefficient (Wildman–Crippen LogP) is -0.774. The van der Waals surface area contributed by atoms with Crippen LogP contribution in [0.2, 0.25) is 0 Å². The van der Waals surface area contributed by atoms with Crippen LogP contribution in [-0.2, 0) is 93.5 Å². The summed E-state index contributed by atoms with van der Waals surface area (Å²) in [5, 5.41) is 0. The zero-order valence-electron chi connectivity index (χ0n) is 3.01. The third kappa shape index (κ3) is 42.1. The minimum absolute atomic E-state index is 0. The zero-order chi connectivity index (χ0) is 0. The molecule has 0 aromatic carbocycles. The Morgan fingerprint density at radius 2 is 0.714 bits per heavy atom. The Balaban J connectivity index is 0. The Morgan fingerprint density at radius 1 is 0.714 bits per heavy atom. The molecule has 0 amide bonds. The van der Waals surface area contributed by atoms with Gasteiger partial charge in [-0.05, 0) is 0 Å². The second-order valence-corrected chi connectivity index (χ2v) is 0. The topological polar surface area (TPSA) is 0 Å². The molecule has 0 atom stereocenters. The van der Waals surface area contributed by atoms with Crippen LogP contribution in [0.25, 0.3) is 0 Å². The molecule has 0 unspecified atom stereocenters. The van der Waals surface area contributed by atoms with Crippen molar-refractivity contribution in [3.05, 3.63) is 0 Å². The van der Waals surface area contributed by atoms with Crippen molar-refractivity contribution in [3.8, 4) is 0 Å². The molecule has 0 fully saturated rings. The van der Waals surface area contributed by atoms with Crippen LogP contribution >= 0.6 is 0 Å². The summed E-state index contributed by atoms with van der Waals surface area (Å²) in [4.78, 5) is 0. The number of hydrogen-bond acceptors (Lipinski definition) is 0. The van der Waals surface area contributed by atoms with E-state index in [0.29, 0.717) is 0 Å². The van der Waals surface area contributed by atoms with E-state index in [-0.39, 0.29) is 122 Å². The van der Waals surface area contributed by atoms with Gasteiger partial charge in [0, 0.05) is 122 Å². The van der Waals surface area contributed by atoms with Crippen molar-refractivity contribution in [3.63, 3.8) is 0 Å². The molecule has 0 bridgehead atoms. The Morgan fingerprint density at radius 3 is 0.714 bits per heavy atom. The Bertz CT molecular complexity index is 15.7. The molecule has 0 aromatic rings. The summed E-state index contributed by atoms with van der Waals surface area (Å²) < 4.78 is 0. The van der Waals surface area contributed by atoms with E-state index in [1.807, 2.05) is 0 Å². The van der Waals surface area contributed by atoms with Crippen molar-refractivity contribution in [2.75, 3.05) is 0 Å². The first-order valence-electron chi connectivity index (χ1n) is 0. The first kappa shape index (κ1) is 73.8. The largest absolute Gasteiger partial charge is 0 e. The molecule has 0 spiro atoms. The van der Waals surface area contributed by atoms with E-state index in [1.54, 1.807) is 0 Å². The average Bonchev–Trinajstić information content (AvgIpc) is 0. The molecule has 0 nitrogen and oxygen atoms in total. The number of rotatable bonds is 0. The van der Waals surface area contributed by atoms with E-state index >= 15 is 0 Å². The molecule has 0 aliphatic heterocycles. The first-order chi connectivity index (χ1) is 0. The predicted molar refractivity (Wildman–Crippen MR) is 11.5 cm³/mol. The van der Waals surface area contributed by atoms with Crippen molar-refractivity contribution in [1.82, 2.24) is 0 Å². The van der Waals surface area contributed by atoms with Gasteiger partial charge in [-0.2, -0.15) is 0 Å². The standard InChI is InChI=1S/Al.Cu.2Ni.Si.2Ti. The van der Waals surface area contributed by atoms with Crippen LogP contribution in [0.15, 0.2) is 0 Å². The van der Waals surface area contributed by atoms with E-state index in [4.69, 9.17) is 0 Å². The molecule has 0 rings (SSSR count). The van der Waals surface area contributed by atoms with Crippen molar-refractivity contribution >= 4 is 28.3 Å². The molecule has 0 heterocycles. The average molecular weight is 332 g/mol. The fourth-order valence-corrected chi connectivity index (χ4v) is 0. The van der Waals surface area contributed by atoms with Gasteiger partial charge < -0.3 is 0 Å². The molecule has 7 heavy (non-hydrogen) atoms. The number of hydrogen-bond donors (Lipinski definition) is 0. The van der Waals surface area contributed by atoms with Crippen LogP contribution in [0.3, 0.4) is 0 Å². The third-order valence-electron chi connectivity index (χ3n) is 0. The van der Waals surface area contributed by atoms with Crippen LogP contribution < -0.4 is 0 Å². The summed E-state index contributed by atoms with van der Waals surface area (Å²) in [6.45, 7) is 0. The van der Waals surface area contributed by atoms with Crippen molar-refractivity contribution in [1.29, 1.82) is 0 Å². The van der Waals surface area contributed by atoms with Gasteiger partial charge in [0.2, 0.25) is 0 Å². The fourth-order valence-electron chi connectivity index (χ4n) is 0. The second kappa shape index (κ2) is 53.8. The van der Waals surface area contributed by atoms with E-state index < -0.39 is 0 Å². The summed E-state index contributed by atoms with van der Waals surface area (Å²) in [7, 11) is 0. The van der Waals surface area contributed by atoms with Crippen LogP contribution in [0.4, 0.5) is 0 Å². The minimum atomic E-state index is 0. The smallest absolute Gasteiger partial charge is 0 e. The quantitative estimate of drug-likeness (QED) is 0.511. The zero-order valence-corrected chi connectivity index (χ0v) is 11.2. The van der Waals surface area contributed by atoms with Gasteiger partial charge in [0.1, 0.15) is 0 Å². The first-order valence-corrected chi connectivity index (χ1v) is 0. The van der Waals surface area contributed by atoms with Gasteiger partial charge in [0.05, 0.1) is 0 Å². The molecule has 0 saturated carbocycles. The van der Waals surface area contributed by atoms with Gasteiger partial charge in [0.25, 0.3) is 0 Å². The third-order valence-corrected chi connectivity index (χ3v) is 0. The van der Waals surface area contributed by atoms with E-state index in [0.717, 1.165) is 0 Å². The van der Waals surface area contributed by atoms with Crippen molar-refractivity contribution < 1.29 is 93.5 Å². The molecule has 0 N–H and O–H groups in total. The molecule has 0 aromatic heterocycles. The summed E-state index contributed by atoms with van der Waals surface area (Å²) >= 11 is 0. The molecular formula is AlCuNi2SiTi2. The maximum atomic E-state index is 0. The van der Waals surface area contributed by atoms with Gasteiger partial charge >= 0.3 is 0 Å². The summed E-state index contributed by atoms with van der Waals surface area (Å²) in [6, 6.07) is 0.